The van der Waals surface area contributed by atoms with Crippen molar-refractivity contribution in [1.29, 1.82) is 0 Å². The second kappa shape index (κ2) is 6.54. The van der Waals surface area contributed by atoms with Crippen LogP contribution in [-0.2, 0) is 15.5 Å². The summed E-state index contributed by atoms with van der Waals surface area (Å²) >= 11 is 0. The molecule has 1 saturated heterocycles. The molecule has 1 fully saturated rings. The molecule has 0 aromatic heterocycles. The van der Waals surface area contributed by atoms with E-state index in [0.29, 0.717) is 12.0 Å². The first-order chi connectivity index (χ1) is 11.0. The number of alkyl halides is 3. The second-order valence-corrected chi connectivity index (χ2v) is 6.92. The van der Waals surface area contributed by atoms with Gasteiger partial charge < -0.3 is 14.6 Å². The Morgan fingerprint density at radius 3 is 2.17 bits per heavy atom. The number of likely N-dealkylation sites (N-methyl/N-ethyl adjacent to an activating group) is 1. The SMILES string of the molecule is CNCC(=Cc1ccccc1C(F)(F)F)B1OC(C)(C)C(C)(C)O1. The van der Waals surface area contributed by atoms with Crippen molar-refractivity contribution in [1.82, 2.24) is 5.32 Å². The van der Waals surface area contributed by atoms with Gasteiger partial charge in [-0.25, -0.2) is 0 Å². The lowest BCUT2D eigenvalue weighted by Crippen LogP contribution is -2.41. The molecule has 24 heavy (non-hydrogen) atoms. The summed E-state index contributed by atoms with van der Waals surface area (Å²) in [6, 6.07) is 5.49. The fourth-order valence-electron chi connectivity index (χ4n) is 2.48. The molecular formula is C17H23BF3NO2. The van der Waals surface area contributed by atoms with Gasteiger partial charge >= 0.3 is 13.3 Å². The van der Waals surface area contributed by atoms with Gasteiger partial charge in [0.15, 0.2) is 0 Å². The van der Waals surface area contributed by atoms with Crippen LogP contribution in [0, 0.1) is 0 Å². The van der Waals surface area contributed by atoms with Crippen molar-refractivity contribution in [3.05, 3.63) is 40.9 Å². The maximum absolute atomic E-state index is 13.2. The van der Waals surface area contributed by atoms with Gasteiger partial charge in [0.05, 0.1) is 16.8 Å². The van der Waals surface area contributed by atoms with Crippen LogP contribution < -0.4 is 5.32 Å². The standard InChI is InChI=1S/C17H23BF3NO2/c1-15(2)16(3,4)24-18(23-15)13(11-22-5)10-12-8-6-7-9-14(12)17(19,20)21/h6-10,22H,11H2,1-5H3. The lowest BCUT2D eigenvalue weighted by atomic mass is 9.76. The van der Waals surface area contributed by atoms with Gasteiger partial charge in [0.25, 0.3) is 0 Å². The molecule has 7 heteroatoms. The van der Waals surface area contributed by atoms with Crippen molar-refractivity contribution < 1.29 is 22.5 Å². The fourth-order valence-corrected chi connectivity index (χ4v) is 2.48. The third-order valence-electron chi connectivity index (χ3n) is 4.54. The van der Waals surface area contributed by atoms with Gasteiger partial charge in [-0.15, -0.1) is 0 Å². The molecule has 0 radical (unpaired) electrons. The number of rotatable bonds is 4. The van der Waals surface area contributed by atoms with E-state index in [2.05, 4.69) is 5.32 Å². The van der Waals surface area contributed by atoms with E-state index in [-0.39, 0.29) is 5.56 Å². The maximum atomic E-state index is 13.2. The van der Waals surface area contributed by atoms with Crippen LogP contribution in [0.1, 0.15) is 38.8 Å². The largest absolute Gasteiger partial charge is 0.491 e. The minimum absolute atomic E-state index is 0.102. The Morgan fingerprint density at radius 1 is 1.12 bits per heavy atom. The van der Waals surface area contributed by atoms with E-state index in [0.717, 1.165) is 6.07 Å². The summed E-state index contributed by atoms with van der Waals surface area (Å²) in [6.45, 7) is 8.01. The van der Waals surface area contributed by atoms with E-state index in [9.17, 15) is 13.2 Å². The summed E-state index contributed by atoms with van der Waals surface area (Å²) in [7, 11) is 1.04. The third kappa shape index (κ3) is 3.84. The molecule has 1 aromatic carbocycles. The molecule has 1 aromatic rings. The molecule has 3 nitrogen and oxygen atoms in total. The Hall–Kier alpha value is -1.31. The molecular weight excluding hydrogens is 318 g/mol. The molecule has 1 aliphatic heterocycles. The average Bonchev–Trinajstić information content (AvgIpc) is 2.66. The Morgan fingerprint density at radius 2 is 1.67 bits per heavy atom. The van der Waals surface area contributed by atoms with Crippen LogP contribution in [0.5, 0.6) is 0 Å². The molecule has 0 amide bonds. The first-order valence-electron chi connectivity index (χ1n) is 7.85. The highest BCUT2D eigenvalue weighted by atomic mass is 19.4. The Bertz CT molecular complexity index is 611. The molecule has 1 heterocycles. The van der Waals surface area contributed by atoms with Gasteiger partial charge in [-0.3, -0.25) is 0 Å². The second-order valence-electron chi connectivity index (χ2n) is 6.92. The van der Waals surface area contributed by atoms with Crippen molar-refractivity contribution in [2.24, 2.45) is 0 Å². The summed E-state index contributed by atoms with van der Waals surface area (Å²) in [5.41, 5.74) is -1.05. The normalized spacial score (nSPS) is 20.5. The molecule has 1 N–H and O–H groups in total. The predicted octanol–water partition coefficient (Wildman–Crippen LogP) is 3.94. The van der Waals surface area contributed by atoms with Crippen LogP contribution in [0.15, 0.2) is 29.7 Å². The summed E-state index contributed by atoms with van der Waals surface area (Å²) in [5, 5.41) is 2.97. The summed E-state index contributed by atoms with van der Waals surface area (Å²) in [5.74, 6) is 0. The van der Waals surface area contributed by atoms with Gasteiger partial charge in [0.2, 0.25) is 0 Å². The summed E-state index contributed by atoms with van der Waals surface area (Å²) in [4.78, 5) is 0. The number of benzene rings is 1. The van der Waals surface area contributed by atoms with E-state index < -0.39 is 30.1 Å². The topological polar surface area (TPSA) is 30.5 Å². The highest BCUT2D eigenvalue weighted by Gasteiger charge is 2.52. The first kappa shape index (κ1) is 19.0. The van der Waals surface area contributed by atoms with Crippen LogP contribution in [-0.4, -0.2) is 31.9 Å². The van der Waals surface area contributed by atoms with E-state index in [1.54, 1.807) is 13.1 Å². The molecule has 132 valence electrons. The van der Waals surface area contributed by atoms with Crippen molar-refractivity contribution in [2.75, 3.05) is 13.6 Å². The first-order valence-corrected chi connectivity index (χ1v) is 7.85. The van der Waals surface area contributed by atoms with Crippen molar-refractivity contribution in [2.45, 2.75) is 45.1 Å². The van der Waals surface area contributed by atoms with E-state index in [4.69, 9.17) is 9.31 Å². The number of hydrogen-bond acceptors (Lipinski definition) is 3. The van der Waals surface area contributed by atoms with Gasteiger partial charge in [-0.2, -0.15) is 13.2 Å². The monoisotopic (exact) mass is 341 g/mol. The molecule has 0 spiro atoms. The Labute approximate surface area is 141 Å². The molecule has 2 rings (SSSR count). The quantitative estimate of drug-likeness (QED) is 0.842. The predicted molar refractivity (Wildman–Crippen MR) is 89.4 cm³/mol. The number of halogens is 3. The van der Waals surface area contributed by atoms with Gasteiger partial charge in [0.1, 0.15) is 0 Å². The average molecular weight is 341 g/mol. The molecule has 0 aliphatic carbocycles. The van der Waals surface area contributed by atoms with E-state index in [1.165, 1.54) is 18.2 Å². The Kier molecular flexibility index (Phi) is 5.18. The van der Waals surface area contributed by atoms with Gasteiger partial charge in [0, 0.05) is 6.54 Å². The third-order valence-corrected chi connectivity index (χ3v) is 4.54. The van der Waals surface area contributed by atoms with E-state index >= 15 is 0 Å². The number of nitrogens with one attached hydrogen (secondary N) is 1. The molecule has 0 atom stereocenters. The van der Waals surface area contributed by atoms with Crippen LogP contribution in [0.2, 0.25) is 0 Å². The van der Waals surface area contributed by atoms with Gasteiger partial charge in [-0.05, 0) is 51.8 Å². The minimum Gasteiger partial charge on any atom is -0.400 e. The smallest absolute Gasteiger partial charge is 0.400 e. The van der Waals surface area contributed by atoms with E-state index in [1.807, 2.05) is 27.7 Å². The lowest BCUT2D eigenvalue weighted by Gasteiger charge is -2.32. The fraction of sp³-hybridized carbons (Fsp3) is 0.529. The summed E-state index contributed by atoms with van der Waals surface area (Å²) < 4.78 is 51.5. The van der Waals surface area contributed by atoms with Crippen LogP contribution in [0.3, 0.4) is 0 Å². The number of hydrogen-bond donors (Lipinski definition) is 1. The Balaban J connectivity index is 2.41. The zero-order valence-corrected chi connectivity index (χ0v) is 14.6. The van der Waals surface area contributed by atoms with Crippen LogP contribution >= 0.6 is 0 Å². The van der Waals surface area contributed by atoms with Crippen LogP contribution in [0.25, 0.3) is 6.08 Å². The van der Waals surface area contributed by atoms with Gasteiger partial charge in [-0.1, -0.05) is 24.3 Å². The zero-order chi connectivity index (χ0) is 18.2. The molecule has 1 aliphatic rings. The van der Waals surface area contributed by atoms with Crippen molar-refractivity contribution in [3.8, 4) is 0 Å². The molecule has 0 unspecified atom stereocenters. The molecule has 0 bridgehead atoms. The molecule has 0 saturated carbocycles. The summed E-state index contributed by atoms with van der Waals surface area (Å²) in [6.07, 6.45) is -2.91. The highest BCUT2D eigenvalue weighted by molar-refractivity contribution is 6.55. The highest BCUT2D eigenvalue weighted by Crippen LogP contribution is 2.39. The minimum atomic E-state index is -4.41. The lowest BCUT2D eigenvalue weighted by molar-refractivity contribution is -0.137. The maximum Gasteiger partial charge on any atom is 0.491 e. The van der Waals surface area contributed by atoms with Crippen molar-refractivity contribution >= 4 is 13.2 Å². The van der Waals surface area contributed by atoms with Crippen LogP contribution in [0.4, 0.5) is 13.2 Å². The van der Waals surface area contributed by atoms with Crippen molar-refractivity contribution in [3.63, 3.8) is 0 Å². The zero-order valence-electron chi connectivity index (χ0n) is 14.6.